The van der Waals surface area contributed by atoms with Gasteiger partial charge in [0.05, 0.1) is 5.69 Å². The molecule has 1 N–H and O–H groups in total. The highest BCUT2D eigenvalue weighted by atomic mass is 35.5. The number of nitrogens with zero attached hydrogens (tertiary/aromatic N) is 2. The van der Waals surface area contributed by atoms with Gasteiger partial charge in [0, 0.05) is 18.7 Å². The van der Waals surface area contributed by atoms with Gasteiger partial charge in [0.25, 0.3) is 0 Å². The maximum absolute atomic E-state index is 6.33. The van der Waals surface area contributed by atoms with E-state index in [4.69, 9.17) is 11.6 Å². The van der Waals surface area contributed by atoms with Crippen molar-refractivity contribution < 1.29 is 0 Å². The van der Waals surface area contributed by atoms with Crippen molar-refractivity contribution in [3.8, 4) is 0 Å². The molecule has 1 saturated carbocycles. The first-order chi connectivity index (χ1) is 8.63. The molecule has 1 unspecified atom stereocenters. The largest absolute Gasteiger partial charge is 0.313 e. The quantitative estimate of drug-likeness (QED) is 0.860. The van der Waals surface area contributed by atoms with E-state index in [1.807, 2.05) is 7.05 Å². The van der Waals surface area contributed by atoms with Crippen molar-refractivity contribution in [2.75, 3.05) is 6.54 Å². The minimum absolute atomic E-state index is 0.569. The Labute approximate surface area is 115 Å². The Bertz CT molecular complexity index is 396. The molecule has 18 heavy (non-hydrogen) atoms. The zero-order chi connectivity index (χ0) is 13.1. The van der Waals surface area contributed by atoms with Gasteiger partial charge in [-0.25, -0.2) is 0 Å². The molecule has 0 spiro atoms. The van der Waals surface area contributed by atoms with Crippen molar-refractivity contribution in [2.45, 2.75) is 52.0 Å². The monoisotopic (exact) mass is 269 g/mol. The third-order valence-corrected chi connectivity index (χ3v) is 4.54. The van der Waals surface area contributed by atoms with E-state index in [2.05, 4.69) is 24.3 Å². The van der Waals surface area contributed by atoms with Crippen LogP contribution in [0.2, 0.25) is 5.15 Å². The van der Waals surface area contributed by atoms with Crippen molar-refractivity contribution in [2.24, 2.45) is 13.0 Å². The van der Waals surface area contributed by atoms with Crippen molar-refractivity contribution >= 4 is 11.6 Å². The summed E-state index contributed by atoms with van der Waals surface area (Å²) in [7, 11) is 1.91. The number of nitrogens with one attached hydrogen (secondary N) is 1. The van der Waals surface area contributed by atoms with E-state index in [1.165, 1.54) is 31.2 Å². The zero-order valence-corrected chi connectivity index (χ0v) is 12.4. The minimum atomic E-state index is 0.569. The minimum Gasteiger partial charge on any atom is -0.313 e. The molecule has 1 aromatic rings. The number of aryl methyl sites for hydroxylation is 2. The van der Waals surface area contributed by atoms with Gasteiger partial charge in [-0.15, -0.1) is 0 Å². The van der Waals surface area contributed by atoms with Crippen LogP contribution in [0.1, 0.15) is 43.9 Å². The molecular weight excluding hydrogens is 246 g/mol. The lowest BCUT2D eigenvalue weighted by atomic mass is 9.77. The van der Waals surface area contributed by atoms with Crippen LogP contribution in [-0.2, 0) is 13.5 Å². The molecule has 2 rings (SSSR count). The van der Waals surface area contributed by atoms with Crippen LogP contribution in [0.5, 0.6) is 0 Å². The van der Waals surface area contributed by atoms with Gasteiger partial charge in [0.1, 0.15) is 5.15 Å². The van der Waals surface area contributed by atoms with E-state index in [9.17, 15) is 0 Å². The van der Waals surface area contributed by atoms with Gasteiger partial charge in [-0.05, 0) is 45.1 Å². The molecule has 3 nitrogen and oxygen atoms in total. The lowest BCUT2D eigenvalue weighted by Crippen LogP contribution is -2.41. The first-order valence-corrected chi connectivity index (χ1v) is 7.42. The maximum atomic E-state index is 6.33. The molecule has 0 radical (unpaired) electrons. The lowest BCUT2D eigenvalue weighted by Gasteiger charge is -2.34. The Balaban J connectivity index is 2.07. The first-order valence-electron chi connectivity index (χ1n) is 7.04. The number of hydrogen-bond donors (Lipinski definition) is 1. The van der Waals surface area contributed by atoms with Gasteiger partial charge < -0.3 is 5.32 Å². The highest BCUT2D eigenvalue weighted by Crippen LogP contribution is 2.32. The third-order valence-electron chi connectivity index (χ3n) is 4.07. The summed E-state index contributed by atoms with van der Waals surface area (Å²) in [6, 6.07) is 0.569. The molecule has 1 fully saturated rings. The highest BCUT2D eigenvalue weighted by molar-refractivity contribution is 6.30. The van der Waals surface area contributed by atoms with E-state index < -0.39 is 0 Å². The third kappa shape index (κ3) is 2.89. The second kappa shape index (κ2) is 6.07. The molecule has 1 heterocycles. The van der Waals surface area contributed by atoms with Gasteiger partial charge in [0.2, 0.25) is 0 Å². The fraction of sp³-hybridized carbons (Fsp3) is 0.786. The van der Waals surface area contributed by atoms with E-state index in [0.29, 0.717) is 6.04 Å². The topological polar surface area (TPSA) is 29.9 Å². The summed E-state index contributed by atoms with van der Waals surface area (Å²) < 4.78 is 1.78. The van der Waals surface area contributed by atoms with E-state index >= 15 is 0 Å². The average Bonchev–Trinajstić information content (AvgIpc) is 2.50. The second-order valence-corrected chi connectivity index (χ2v) is 5.79. The van der Waals surface area contributed by atoms with E-state index in [0.717, 1.165) is 29.7 Å². The van der Waals surface area contributed by atoms with Crippen LogP contribution in [0, 0.1) is 12.8 Å². The Morgan fingerprint density at radius 2 is 2.22 bits per heavy atom. The summed E-state index contributed by atoms with van der Waals surface area (Å²) >= 11 is 6.33. The summed E-state index contributed by atoms with van der Waals surface area (Å²) in [4.78, 5) is 0. The van der Waals surface area contributed by atoms with Crippen molar-refractivity contribution in [3.63, 3.8) is 0 Å². The van der Waals surface area contributed by atoms with Crippen LogP contribution in [0.25, 0.3) is 0 Å². The number of halogens is 1. The lowest BCUT2D eigenvalue weighted by molar-refractivity contribution is 0.227. The number of hydrogen-bond acceptors (Lipinski definition) is 2. The summed E-state index contributed by atoms with van der Waals surface area (Å²) in [5, 5.41) is 8.89. The number of aromatic nitrogens is 2. The molecule has 0 aromatic carbocycles. The molecule has 1 atom stereocenters. The van der Waals surface area contributed by atoms with E-state index in [-0.39, 0.29) is 0 Å². The maximum Gasteiger partial charge on any atom is 0.130 e. The molecule has 1 aliphatic carbocycles. The standard InChI is InChI=1S/C14H24ClN3/c1-4-8-16-13(11-6-5-7-11)9-12-10(2)17-18(3)14(12)15/h11,13,16H,4-9H2,1-3H3. The van der Waals surface area contributed by atoms with Crippen LogP contribution in [0.15, 0.2) is 0 Å². The SMILES string of the molecule is CCCNC(Cc1c(C)nn(C)c1Cl)C1CCC1. The fourth-order valence-electron chi connectivity index (χ4n) is 2.70. The van der Waals surface area contributed by atoms with Crippen molar-refractivity contribution in [1.82, 2.24) is 15.1 Å². The second-order valence-electron chi connectivity index (χ2n) is 5.43. The smallest absolute Gasteiger partial charge is 0.130 e. The normalized spacial score (nSPS) is 17.8. The Kier molecular flexibility index (Phi) is 4.68. The summed E-state index contributed by atoms with van der Waals surface area (Å²) in [5.74, 6) is 0.826. The molecule has 0 aliphatic heterocycles. The number of rotatable bonds is 6. The van der Waals surface area contributed by atoms with Crippen molar-refractivity contribution in [1.29, 1.82) is 0 Å². The van der Waals surface area contributed by atoms with Crippen LogP contribution in [-0.4, -0.2) is 22.4 Å². The molecule has 0 bridgehead atoms. The molecule has 1 aliphatic rings. The van der Waals surface area contributed by atoms with Crippen LogP contribution in [0.3, 0.4) is 0 Å². The van der Waals surface area contributed by atoms with Gasteiger partial charge in [-0.2, -0.15) is 5.10 Å². The molecule has 102 valence electrons. The summed E-state index contributed by atoms with van der Waals surface area (Å²) in [6.07, 6.45) is 6.30. The fourth-order valence-corrected chi connectivity index (χ4v) is 2.95. The van der Waals surface area contributed by atoms with Crippen LogP contribution in [0.4, 0.5) is 0 Å². The summed E-state index contributed by atoms with van der Waals surface area (Å²) in [5.41, 5.74) is 2.30. The molecular formula is C14H24ClN3. The summed E-state index contributed by atoms with van der Waals surface area (Å²) in [6.45, 7) is 5.37. The molecule has 0 amide bonds. The Hall–Kier alpha value is -0.540. The van der Waals surface area contributed by atoms with Gasteiger partial charge in [-0.3, -0.25) is 4.68 Å². The Morgan fingerprint density at radius 1 is 1.50 bits per heavy atom. The predicted molar refractivity (Wildman–Crippen MR) is 76.1 cm³/mol. The average molecular weight is 270 g/mol. The zero-order valence-electron chi connectivity index (χ0n) is 11.7. The van der Waals surface area contributed by atoms with E-state index in [1.54, 1.807) is 4.68 Å². The predicted octanol–water partition coefficient (Wildman–Crippen LogP) is 3.09. The van der Waals surface area contributed by atoms with Crippen LogP contribution >= 0.6 is 11.6 Å². The van der Waals surface area contributed by atoms with Gasteiger partial charge >= 0.3 is 0 Å². The van der Waals surface area contributed by atoms with Crippen molar-refractivity contribution in [3.05, 3.63) is 16.4 Å². The van der Waals surface area contributed by atoms with Crippen LogP contribution < -0.4 is 5.32 Å². The molecule has 0 saturated heterocycles. The molecule has 4 heteroatoms. The Morgan fingerprint density at radius 3 is 2.67 bits per heavy atom. The highest BCUT2D eigenvalue weighted by Gasteiger charge is 2.28. The first kappa shape index (κ1) is 13.9. The van der Waals surface area contributed by atoms with Gasteiger partial charge in [-0.1, -0.05) is 24.9 Å². The van der Waals surface area contributed by atoms with Gasteiger partial charge in [0.15, 0.2) is 0 Å². The molecule has 1 aromatic heterocycles.